The molecule has 0 amide bonds. The summed E-state index contributed by atoms with van der Waals surface area (Å²) in [5, 5.41) is 11.4. The zero-order valence-electron chi connectivity index (χ0n) is 16.8. The van der Waals surface area contributed by atoms with Gasteiger partial charge in [0.15, 0.2) is 0 Å². The molecule has 30 heavy (non-hydrogen) atoms. The van der Waals surface area contributed by atoms with E-state index in [4.69, 9.17) is 0 Å². The van der Waals surface area contributed by atoms with E-state index < -0.39 is 0 Å². The molecule has 3 aromatic carbocycles. The van der Waals surface area contributed by atoms with Gasteiger partial charge in [-0.25, -0.2) is 13.9 Å². The number of rotatable bonds is 6. The monoisotopic (exact) mass is 407 g/mol. The van der Waals surface area contributed by atoms with E-state index in [1.54, 1.807) is 24.3 Å². The second kappa shape index (κ2) is 9.47. The number of piperazine rings is 1. The van der Waals surface area contributed by atoms with Crippen LogP contribution in [0.2, 0.25) is 0 Å². The Kier molecular flexibility index (Phi) is 6.53. The van der Waals surface area contributed by atoms with Crippen molar-refractivity contribution in [1.29, 1.82) is 0 Å². The zero-order valence-corrected chi connectivity index (χ0v) is 16.8. The van der Waals surface area contributed by atoms with Crippen LogP contribution in [-0.2, 0) is 18.3 Å². The molecule has 1 fully saturated rings. The van der Waals surface area contributed by atoms with Gasteiger partial charge in [-0.2, -0.15) is 0 Å². The summed E-state index contributed by atoms with van der Waals surface area (Å²) in [5.41, 5.74) is 3.94. The molecule has 1 aliphatic rings. The number of halogens is 2. The second-order valence-electron chi connectivity index (χ2n) is 7.73. The van der Waals surface area contributed by atoms with Crippen molar-refractivity contribution in [2.45, 2.75) is 19.2 Å². The Morgan fingerprint density at radius 2 is 1.20 bits per heavy atom. The van der Waals surface area contributed by atoms with Gasteiger partial charge in [-0.15, -0.1) is 0 Å². The molecule has 0 unspecified atom stereocenters. The van der Waals surface area contributed by atoms with E-state index in [9.17, 15) is 13.9 Å². The Labute approximate surface area is 176 Å². The molecule has 1 aliphatic heterocycles. The van der Waals surface area contributed by atoms with Crippen molar-refractivity contribution in [2.75, 3.05) is 26.2 Å². The molecule has 1 heterocycles. The van der Waals surface area contributed by atoms with Crippen LogP contribution >= 0.6 is 0 Å². The van der Waals surface area contributed by atoms with Crippen molar-refractivity contribution >= 4 is 0 Å². The molecule has 1 saturated heterocycles. The third kappa shape index (κ3) is 4.75. The summed E-state index contributed by atoms with van der Waals surface area (Å²) < 4.78 is 27.0. The molecule has 0 atom stereocenters. The topological polar surface area (TPSA) is 26.4 Å². The second-order valence-corrected chi connectivity index (χ2v) is 7.73. The first-order chi connectivity index (χ1) is 14.6. The summed E-state index contributed by atoms with van der Waals surface area (Å²) in [4.78, 5) is 4.72. The van der Waals surface area contributed by atoms with Crippen LogP contribution in [0.1, 0.15) is 28.3 Å². The minimum absolute atomic E-state index is 0.0534. The summed E-state index contributed by atoms with van der Waals surface area (Å²) in [6.45, 7) is 3.97. The van der Waals surface area contributed by atoms with Gasteiger partial charge >= 0.3 is 0 Å². The lowest BCUT2D eigenvalue weighted by Gasteiger charge is -2.40. The minimum atomic E-state index is -0.265. The van der Waals surface area contributed by atoms with Gasteiger partial charge in [0.05, 0.1) is 6.04 Å². The highest BCUT2D eigenvalue weighted by atomic mass is 19.1. The quantitative estimate of drug-likeness (QED) is 0.587. The van der Waals surface area contributed by atoms with Gasteiger partial charge in [0.1, 0.15) is 18.2 Å². The molecular weight excluding hydrogens is 382 g/mol. The fraction of sp³-hybridized carbons (Fsp3) is 0.280. The lowest BCUT2D eigenvalue weighted by atomic mass is 9.96. The first-order valence-corrected chi connectivity index (χ1v) is 10.3. The summed E-state index contributed by atoms with van der Waals surface area (Å²) in [7, 11) is 0. The van der Waals surface area contributed by atoms with Crippen molar-refractivity contribution in [3.63, 3.8) is 0 Å². The Hall–Kier alpha value is -2.60. The highest BCUT2D eigenvalue weighted by Crippen LogP contribution is 2.30. The van der Waals surface area contributed by atoms with Crippen LogP contribution in [0.4, 0.5) is 8.78 Å². The molecular formula is C25H25F2N2O. The third-order valence-corrected chi connectivity index (χ3v) is 5.81. The maximum Gasteiger partial charge on any atom is 0.123 e. The molecule has 0 aliphatic carbocycles. The van der Waals surface area contributed by atoms with E-state index >= 15 is 0 Å². The van der Waals surface area contributed by atoms with Crippen LogP contribution in [-0.4, -0.2) is 36.0 Å². The molecule has 0 aromatic heterocycles. The molecule has 0 saturated carbocycles. The van der Waals surface area contributed by atoms with E-state index in [1.807, 2.05) is 24.3 Å². The molecule has 3 aromatic rings. The number of benzene rings is 3. The first kappa shape index (κ1) is 20.7. The fourth-order valence-electron chi connectivity index (χ4n) is 4.18. The first-order valence-electron chi connectivity index (χ1n) is 10.3. The molecule has 0 N–H and O–H groups in total. The van der Waals surface area contributed by atoms with Crippen molar-refractivity contribution in [3.05, 3.63) is 107 Å². The van der Waals surface area contributed by atoms with Crippen molar-refractivity contribution in [1.82, 2.24) is 9.80 Å². The standard InChI is InChI=1S/C25H25F2N2O/c26-23-9-5-19(6-10-23)25(20-7-11-24(27)12-8-20)29-15-13-28(14-16-29)17-21-3-1-2-4-22(21)18-30/h1-12,25H,13-18H2. The van der Waals surface area contributed by atoms with Crippen LogP contribution in [0.15, 0.2) is 72.8 Å². The number of hydrogen-bond donors (Lipinski definition) is 0. The Balaban J connectivity index is 1.50. The van der Waals surface area contributed by atoms with Crippen LogP contribution in [0, 0.1) is 11.6 Å². The van der Waals surface area contributed by atoms with Crippen molar-refractivity contribution in [2.24, 2.45) is 0 Å². The maximum atomic E-state index is 13.5. The molecule has 4 rings (SSSR count). The fourth-order valence-corrected chi connectivity index (χ4v) is 4.18. The number of nitrogens with zero attached hydrogens (tertiary/aromatic N) is 2. The van der Waals surface area contributed by atoms with Crippen LogP contribution in [0.5, 0.6) is 0 Å². The molecule has 155 valence electrons. The van der Waals surface area contributed by atoms with E-state index in [2.05, 4.69) is 9.80 Å². The molecule has 3 nitrogen and oxygen atoms in total. The van der Waals surface area contributed by atoms with Gasteiger partial charge in [-0.05, 0) is 46.5 Å². The SMILES string of the molecule is [O]Cc1ccccc1CN1CCN(C(c2ccc(F)cc2)c2ccc(F)cc2)CC1. The summed E-state index contributed by atoms with van der Waals surface area (Å²) in [5.74, 6) is -0.531. The lowest BCUT2D eigenvalue weighted by Crippen LogP contribution is -2.47. The smallest absolute Gasteiger partial charge is 0.123 e. The van der Waals surface area contributed by atoms with Gasteiger partial charge in [0.25, 0.3) is 0 Å². The molecule has 0 spiro atoms. The minimum Gasteiger partial charge on any atom is -0.297 e. The lowest BCUT2D eigenvalue weighted by molar-refractivity contribution is 0.103. The highest BCUT2D eigenvalue weighted by Gasteiger charge is 2.26. The largest absolute Gasteiger partial charge is 0.297 e. The molecule has 0 bridgehead atoms. The van der Waals surface area contributed by atoms with E-state index in [1.165, 1.54) is 24.3 Å². The molecule has 1 radical (unpaired) electrons. The van der Waals surface area contributed by atoms with Gasteiger partial charge in [0, 0.05) is 32.7 Å². The van der Waals surface area contributed by atoms with Crippen molar-refractivity contribution in [3.8, 4) is 0 Å². The summed E-state index contributed by atoms with van der Waals surface area (Å²) in [6, 6.07) is 20.9. The summed E-state index contributed by atoms with van der Waals surface area (Å²) >= 11 is 0. The normalized spacial score (nSPS) is 15.6. The van der Waals surface area contributed by atoms with E-state index in [-0.39, 0.29) is 24.3 Å². The molecule has 5 heteroatoms. The predicted molar refractivity (Wildman–Crippen MR) is 112 cm³/mol. The van der Waals surface area contributed by atoms with Crippen LogP contribution in [0.25, 0.3) is 0 Å². The van der Waals surface area contributed by atoms with Crippen LogP contribution in [0.3, 0.4) is 0 Å². The number of hydrogen-bond acceptors (Lipinski definition) is 2. The zero-order chi connectivity index (χ0) is 20.9. The van der Waals surface area contributed by atoms with Gasteiger partial charge in [-0.1, -0.05) is 48.5 Å². The summed E-state index contributed by atoms with van der Waals surface area (Å²) in [6.07, 6.45) is 0. The van der Waals surface area contributed by atoms with Gasteiger partial charge in [0.2, 0.25) is 0 Å². The Bertz CT molecular complexity index is 906. The highest BCUT2D eigenvalue weighted by molar-refractivity contribution is 5.32. The Morgan fingerprint density at radius 3 is 1.70 bits per heavy atom. The van der Waals surface area contributed by atoms with Crippen LogP contribution < -0.4 is 0 Å². The van der Waals surface area contributed by atoms with Gasteiger partial charge < -0.3 is 0 Å². The average Bonchev–Trinajstić information content (AvgIpc) is 2.78. The average molecular weight is 407 g/mol. The van der Waals surface area contributed by atoms with Gasteiger partial charge in [-0.3, -0.25) is 9.80 Å². The van der Waals surface area contributed by atoms with E-state index in [0.29, 0.717) is 0 Å². The maximum absolute atomic E-state index is 13.5. The Morgan fingerprint density at radius 1 is 0.700 bits per heavy atom. The predicted octanol–water partition coefficient (Wildman–Crippen LogP) is 4.80. The third-order valence-electron chi connectivity index (χ3n) is 5.81. The van der Waals surface area contributed by atoms with Crippen molar-refractivity contribution < 1.29 is 13.9 Å². The van der Waals surface area contributed by atoms with E-state index in [0.717, 1.165) is 55.0 Å².